The van der Waals surface area contributed by atoms with Crippen molar-refractivity contribution in [2.45, 2.75) is 128 Å². The fourth-order valence-corrected chi connectivity index (χ4v) is 6.69. The topological polar surface area (TPSA) is 9.23 Å². The van der Waals surface area contributed by atoms with E-state index >= 15 is 0 Å². The molecular weight excluding hydrogens is 481 g/mol. The second-order valence-electron chi connectivity index (χ2n) is 12.0. The summed E-state index contributed by atoms with van der Waals surface area (Å²) < 4.78 is 49.0. The first-order chi connectivity index (χ1) is 18.4. The average molecular weight is 529 g/mol. The Hall–Kier alpha value is -1.81. The van der Waals surface area contributed by atoms with Gasteiger partial charge >= 0.3 is 6.11 Å². The number of hydrogen-bond acceptors (Lipinski definition) is 1. The van der Waals surface area contributed by atoms with Crippen LogP contribution in [-0.2, 0) is 17.8 Å². The van der Waals surface area contributed by atoms with Crippen LogP contribution < -0.4 is 0 Å². The van der Waals surface area contributed by atoms with Gasteiger partial charge in [0, 0.05) is 5.56 Å². The predicted octanol–water partition coefficient (Wildman–Crippen LogP) is 10.7. The Kier molecular flexibility index (Phi) is 10.8. The van der Waals surface area contributed by atoms with E-state index in [0.717, 1.165) is 30.2 Å². The molecule has 2 aromatic carbocycles. The van der Waals surface area contributed by atoms with Crippen LogP contribution in [0, 0.1) is 17.7 Å². The fourth-order valence-electron chi connectivity index (χ4n) is 6.69. The highest BCUT2D eigenvalue weighted by atomic mass is 19.3. The van der Waals surface area contributed by atoms with E-state index in [4.69, 9.17) is 4.74 Å². The molecule has 4 rings (SSSR count). The minimum atomic E-state index is -3.35. The Balaban J connectivity index is 1.24. The average Bonchev–Trinajstić information content (AvgIpc) is 2.93. The van der Waals surface area contributed by atoms with Gasteiger partial charge in [0.2, 0.25) is 0 Å². The van der Waals surface area contributed by atoms with Gasteiger partial charge in [0.25, 0.3) is 0 Å². The number of unbranched alkanes of at least 4 members (excludes halogenated alkanes) is 2. The molecular formula is C34H47F3O. The molecule has 2 fully saturated rings. The molecule has 2 saturated carbocycles. The fraction of sp³-hybridized carbons (Fsp3) is 0.647. The number of ether oxygens (including phenoxy) is 1. The largest absolute Gasteiger partial charge is 0.360 e. The molecule has 0 bridgehead atoms. The first-order valence-corrected chi connectivity index (χ1v) is 15.3. The highest BCUT2D eigenvalue weighted by molar-refractivity contribution is 5.28. The van der Waals surface area contributed by atoms with Gasteiger partial charge in [-0.2, -0.15) is 8.78 Å². The van der Waals surface area contributed by atoms with Crippen molar-refractivity contribution in [3.8, 4) is 0 Å². The molecule has 0 aliphatic heterocycles. The normalized spacial score (nSPS) is 24.4. The van der Waals surface area contributed by atoms with Crippen molar-refractivity contribution in [3.05, 3.63) is 70.5 Å². The molecule has 0 unspecified atom stereocenters. The van der Waals surface area contributed by atoms with Crippen LogP contribution in [0.25, 0.3) is 0 Å². The molecule has 0 atom stereocenters. The summed E-state index contributed by atoms with van der Waals surface area (Å²) in [5.74, 6) is 2.10. The molecule has 0 amide bonds. The van der Waals surface area contributed by atoms with Gasteiger partial charge in [-0.1, -0.05) is 82.3 Å². The summed E-state index contributed by atoms with van der Waals surface area (Å²) in [6, 6.07) is 12.7. The maximum absolute atomic E-state index is 14.7. The standard InChI is InChI=1S/C34H47F3O/c1-3-5-6-7-26-10-16-28(17-11-26)29-18-12-27(13-19-29)23-34(36,37)38-24-32-21-20-31(22-33(32)35)30-14-8-25(4-2)9-15-30/h12-13,18-22,25-26,28,30H,3-11,14-17,23-24H2,1-2H3. The third-order valence-electron chi connectivity index (χ3n) is 9.34. The molecule has 0 radical (unpaired) electrons. The highest BCUT2D eigenvalue weighted by Gasteiger charge is 2.31. The van der Waals surface area contributed by atoms with Crippen LogP contribution in [0.3, 0.4) is 0 Å². The summed E-state index contributed by atoms with van der Waals surface area (Å²) in [5, 5.41) is 0. The first-order valence-electron chi connectivity index (χ1n) is 15.3. The van der Waals surface area contributed by atoms with Gasteiger partial charge in [-0.25, -0.2) is 4.39 Å². The van der Waals surface area contributed by atoms with E-state index in [9.17, 15) is 13.2 Å². The Morgan fingerprint density at radius 2 is 1.37 bits per heavy atom. The third kappa shape index (κ3) is 8.34. The molecule has 210 valence electrons. The number of rotatable bonds is 12. The molecule has 2 aliphatic rings. The maximum atomic E-state index is 14.7. The van der Waals surface area contributed by atoms with E-state index in [1.807, 2.05) is 30.3 Å². The minimum Gasteiger partial charge on any atom is -0.315 e. The molecule has 2 aliphatic carbocycles. The van der Waals surface area contributed by atoms with Crippen molar-refractivity contribution in [3.63, 3.8) is 0 Å². The summed E-state index contributed by atoms with van der Waals surface area (Å²) in [6.45, 7) is 4.05. The monoisotopic (exact) mass is 528 g/mol. The lowest BCUT2D eigenvalue weighted by molar-refractivity contribution is -0.244. The van der Waals surface area contributed by atoms with Crippen molar-refractivity contribution < 1.29 is 17.9 Å². The number of benzene rings is 2. The highest BCUT2D eigenvalue weighted by Crippen LogP contribution is 2.39. The van der Waals surface area contributed by atoms with Gasteiger partial charge in [-0.3, -0.25) is 0 Å². The zero-order valence-corrected chi connectivity index (χ0v) is 23.5. The molecule has 0 aromatic heterocycles. The zero-order chi connectivity index (χ0) is 27.0. The lowest BCUT2D eigenvalue weighted by Crippen LogP contribution is -2.24. The van der Waals surface area contributed by atoms with Crippen LogP contribution >= 0.6 is 0 Å². The van der Waals surface area contributed by atoms with Gasteiger partial charge in [0.05, 0.1) is 13.0 Å². The van der Waals surface area contributed by atoms with Crippen LogP contribution in [0.2, 0.25) is 0 Å². The van der Waals surface area contributed by atoms with Crippen molar-refractivity contribution in [1.29, 1.82) is 0 Å². The summed E-state index contributed by atoms with van der Waals surface area (Å²) in [6.07, 6.45) is 12.1. The van der Waals surface area contributed by atoms with E-state index in [1.165, 1.54) is 82.3 Å². The summed E-state index contributed by atoms with van der Waals surface area (Å²) >= 11 is 0. The Labute approximate surface area is 228 Å². The van der Waals surface area contributed by atoms with Gasteiger partial charge < -0.3 is 4.74 Å². The molecule has 1 nitrogen and oxygen atoms in total. The summed E-state index contributed by atoms with van der Waals surface area (Å²) in [7, 11) is 0. The summed E-state index contributed by atoms with van der Waals surface area (Å²) in [5.41, 5.74) is 2.98. The Morgan fingerprint density at radius 3 is 1.97 bits per heavy atom. The van der Waals surface area contributed by atoms with E-state index in [2.05, 4.69) is 13.8 Å². The molecule has 2 aromatic rings. The quantitative estimate of drug-likeness (QED) is 0.249. The lowest BCUT2D eigenvalue weighted by Gasteiger charge is -2.29. The van der Waals surface area contributed by atoms with E-state index in [1.54, 1.807) is 6.07 Å². The molecule has 0 saturated heterocycles. The van der Waals surface area contributed by atoms with E-state index < -0.39 is 25.0 Å². The maximum Gasteiger partial charge on any atom is 0.360 e. The second-order valence-corrected chi connectivity index (χ2v) is 12.0. The van der Waals surface area contributed by atoms with Crippen LogP contribution in [-0.4, -0.2) is 6.11 Å². The van der Waals surface area contributed by atoms with Crippen molar-refractivity contribution in [2.24, 2.45) is 11.8 Å². The van der Waals surface area contributed by atoms with Crippen LogP contribution in [0.4, 0.5) is 13.2 Å². The van der Waals surface area contributed by atoms with Crippen molar-refractivity contribution in [2.75, 3.05) is 0 Å². The number of hydrogen-bond donors (Lipinski definition) is 0. The van der Waals surface area contributed by atoms with Crippen molar-refractivity contribution >= 4 is 0 Å². The molecule has 38 heavy (non-hydrogen) atoms. The number of alkyl halides is 2. The second kappa shape index (κ2) is 14.0. The molecule has 4 heteroatoms. The van der Waals surface area contributed by atoms with Gasteiger partial charge in [-0.15, -0.1) is 0 Å². The molecule has 0 heterocycles. The Morgan fingerprint density at radius 1 is 0.763 bits per heavy atom. The number of halogens is 3. The van der Waals surface area contributed by atoms with E-state index in [0.29, 0.717) is 17.4 Å². The first kappa shape index (κ1) is 29.2. The molecule has 0 N–H and O–H groups in total. The van der Waals surface area contributed by atoms with Gasteiger partial charge in [0.1, 0.15) is 5.82 Å². The SMILES string of the molecule is CCCCCC1CCC(c2ccc(CC(F)(F)OCc3ccc(C4CCC(CC)CC4)cc3F)cc2)CC1. The predicted molar refractivity (Wildman–Crippen MR) is 150 cm³/mol. The van der Waals surface area contributed by atoms with Crippen LogP contribution in [0.5, 0.6) is 0 Å². The van der Waals surface area contributed by atoms with Crippen LogP contribution in [0.15, 0.2) is 42.5 Å². The minimum absolute atomic E-state index is 0.191. The summed E-state index contributed by atoms with van der Waals surface area (Å²) in [4.78, 5) is 0. The van der Waals surface area contributed by atoms with Gasteiger partial charge in [-0.05, 0) is 97.8 Å². The van der Waals surface area contributed by atoms with E-state index in [-0.39, 0.29) is 5.56 Å². The van der Waals surface area contributed by atoms with Gasteiger partial charge in [0.15, 0.2) is 0 Å². The smallest absolute Gasteiger partial charge is 0.315 e. The Bertz CT molecular complexity index is 970. The molecule has 0 spiro atoms. The lowest BCUT2D eigenvalue weighted by atomic mass is 9.77. The zero-order valence-electron chi connectivity index (χ0n) is 23.5. The third-order valence-corrected chi connectivity index (χ3v) is 9.34. The van der Waals surface area contributed by atoms with Crippen molar-refractivity contribution in [1.82, 2.24) is 0 Å². The van der Waals surface area contributed by atoms with Crippen LogP contribution in [0.1, 0.15) is 131 Å².